The zero-order valence-corrected chi connectivity index (χ0v) is 5.56. The Morgan fingerprint density at radius 2 is 2.00 bits per heavy atom. The molecule has 0 aliphatic rings. The Bertz CT molecular complexity index is 145. The zero-order valence-electron chi connectivity index (χ0n) is 5.56. The molecule has 3 nitrogen and oxygen atoms in total. The summed E-state index contributed by atoms with van der Waals surface area (Å²) in [5.41, 5.74) is 4.61. The number of halogens is 3. The van der Waals surface area contributed by atoms with Crippen LogP contribution in [-0.4, -0.2) is 23.3 Å². The fourth-order valence-electron chi connectivity index (χ4n) is 0.443. The fraction of sp³-hybridized carbons (Fsp3) is 0.800. The van der Waals surface area contributed by atoms with Gasteiger partial charge in [-0.05, 0) is 6.42 Å². The summed E-state index contributed by atoms with van der Waals surface area (Å²) in [7, 11) is 0. The summed E-state index contributed by atoms with van der Waals surface area (Å²) in [5, 5.41) is 8.01. The highest BCUT2D eigenvalue weighted by atomic mass is 19.4. The second-order valence-corrected chi connectivity index (χ2v) is 2.08. The van der Waals surface area contributed by atoms with E-state index in [2.05, 4.69) is 5.73 Å². The summed E-state index contributed by atoms with van der Waals surface area (Å²) >= 11 is 0. The minimum atomic E-state index is -4.49. The van der Waals surface area contributed by atoms with E-state index in [-0.39, 0.29) is 0 Å². The van der Waals surface area contributed by atoms with E-state index in [1.54, 1.807) is 0 Å². The predicted octanol–water partition coefficient (Wildman–Crippen LogP) is 0.741. The van der Waals surface area contributed by atoms with E-state index in [0.717, 1.165) is 0 Å². The summed E-state index contributed by atoms with van der Waals surface area (Å²) in [6, 6.07) is -2.03. The first-order valence-electron chi connectivity index (χ1n) is 2.88. The van der Waals surface area contributed by atoms with Crippen LogP contribution in [0.2, 0.25) is 0 Å². The van der Waals surface area contributed by atoms with Crippen LogP contribution >= 0.6 is 0 Å². The van der Waals surface area contributed by atoms with Crippen molar-refractivity contribution in [2.45, 2.75) is 25.1 Å². The standard InChI is InChI=1S/C5H8F3NO2/c6-5(7,8)3(9)1-2-4(10)11/h3H,1-2,9H2,(H,10,11)/t3-/m0/s1. The van der Waals surface area contributed by atoms with Crippen molar-refractivity contribution in [3.05, 3.63) is 0 Å². The largest absolute Gasteiger partial charge is 0.481 e. The fourth-order valence-corrected chi connectivity index (χ4v) is 0.443. The lowest BCUT2D eigenvalue weighted by atomic mass is 10.1. The molecular weight excluding hydrogens is 163 g/mol. The van der Waals surface area contributed by atoms with Gasteiger partial charge in [0, 0.05) is 6.42 Å². The van der Waals surface area contributed by atoms with E-state index >= 15 is 0 Å². The molecule has 0 heterocycles. The van der Waals surface area contributed by atoms with Crippen LogP contribution in [0.1, 0.15) is 12.8 Å². The highest BCUT2D eigenvalue weighted by molar-refractivity contribution is 5.66. The van der Waals surface area contributed by atoms with E-state index in [1.807, 2.05) is 0 Å². The minimum absolute atomic E-state index is 0.555. The Kier molecular flexibility index (Phi) is 3.31. The second-order valence-electron chi connectivity index (χ2n) is 2.08. The highest BCUT2D eigenvalue weighted by Crippen LogP contribution is 2.21. The third-order valence-corrected chi connectivity index (χ3v) is 1.09. The number of carboxylic acids is 1. The van der Waals surface area contributed by atoms with Gasteiger partial charge in [0.2, 0.25) is 0 Å². The summed E-state index contributed by atoms with van der Waals surface area (Å²) in [6.45, 7) is 0. The van der Waals surface area contributed by atoms with Crippen LogP contribution in [0.15, 0.2) is 0 Å². The van der Waals surface area contributed by atoms with Gasteiger partial charge >= 0.3 is 12.1 Å². The van der Waals surface area contributed by atoms with Crippen LogP contribution in [0, 0.1) is 0 Å². The lowest BCUT2D eigenvalue weighted by Crippen LogP contribution is -2.37. The normalized spacial score (nSPS) is 14.5. The average Bonchev–Trinajstić information content (AvgIpc) is 1.80. The van der Waals surface area contributed by atoms with Gasteiger partial charge in [0.25, 0.3) is 0 Å². The molecule has 0 fully saturated rings. The van der Waals surface area contributed by atoms with Crippen LogP contribution < -0.4 is 5.73 Å². The van der Waals surface area contributed by atoms with Gasteiger partial charge in [-0.25, -0.2) is 0 Å². The molecule has 0 saturated carbocycles. The van der Waals surface area contributed by atoms with Gasteiger partial charge < -0.3 is 10.8 Å². The molecular formula is C5H8F3NO2. The molecule has 6 heteroatoms. The van der Waals surface area contributed by atoms with Crippen molar-refractivity contribution in [1.29, 1.82) is 0 Å². The quantitative estimate of drug-likeness (QED) is 0.658. The van der Waals surface area contributed by atoms with Crippen LogP contribution in [0.3, 0.4) is 0 Å². The molecule has 0 rings (SSSR count). The van der Waals surface area contributed by atoms with Crippen molar-refractivity contribution in [1.82, 2.24) is 0 Å². The number of alkyl halides is 3. The third-order valence-electron chi connectivity index (χ3n) is 1.09. The zero-order chi connectivity index (χ0) is 9.07. The summed E-state index contributed by atoms with van der Waals surface area (Å²) in [5.74, 6) is -1.27. The summed E-state index contributed by atoms with van der Waals surface area (Å²) in [6.07, 6.45) is -5.62. The Labute approximate surface area is 61.0 Å². The van der Waals surface area contributed by atoms with E-state index in [4.69, 9.17) is 5.11 Å². The predicted molar refractivity (Wildman–Crippen MR) is 30.9 cm³/mol. The topological polar surface area (TPSA) is 63.3 Å². The van der Waals surface area contributed by atoms with Crippen molar-refractivity contribution in [2.75, 3.05) is 0 Å². The molecule has 11 heavy (non-hydrogen) atoms. The Hall–Kier alpha value is -0.780. The Morgan fingerprint density at radius 3 is 2.27 bits per heavy atom. The minimum Gasteiger partial charge on any atom is -0.481 e. The number of nitrogens with two attached hydrogens (primary N) is 1. The monoisotopic (exact) mass is 171 g/mol. The number of aliphatic carboxylic acids is 1. The maximum atomic E-state index is 11.6. The summed E-state index contributed by atoms with van der Waals surface area (Å²) < 4.78 is 34.7. The second kappa shape index (κ2) is 3.56. The number of hydrogen-bond acceptors (Lipinski definition) is 2. The van der Waals surface area contributed by atoms with Crippen LogP contribution in [0.5, 0.6) is 0 Å². The van der Waals surface area contributed by atoms with Crippen molar-refractivity contribution >= 4 is 5.97 Å². The van der Waals surface area contributed by atoms with Gasteiger partial charge in [-0.3, -0.25) is 4.79 Å². The molecule has 0 unspecified atom stereocenters. The van der Waals surface area contributed by atoms with E-state index < -0.39 is 31.0 Å². The SMILES string of the molecule is N[C@@H](CCC(=O)O)C(F)(F)F. The van der Waals surface area contributed by atoms with Crippen LogP contribution in [-0.2, 0) is 4.79 Å². The molecule has 3 N–H and O–H groups in total. The van der Waals surface area contributed by atoms with Crippen molar-refractivity contribution < 1.29 is 23.1 Å². The van der Waals surface area contributed by atoms with Crippen molar-refractivity contribution in [3.8, 4) is 0 Å². The highest BCUT2D eigenvalue weighted by Gasteiger charge is 2.36. The molecule has 0 spiro atoms. The molecule has 0 aromatic heterocycles. The molecule has 1 atom stereocenters. The van der Waals surface area contributed by atoms with Gasteiger partial charge in [-0.15, -0.1) is 0 Å². The lowest BCUT2D eigenvalue weighted by molar-refractivity contribution is -0.152. The van der Waals surface area contributed by atoms with Gasteiger partial charge in [0.1, 0.15) is 6.04 Å². The maximum absolute atomic E-state index is 11.6. The van der Waals surface area contributed by atoms with E-state index in [1.165, 1.54) is 0 Å². The molecule has 0 bridgehead atoms. The lowest BCUT2D eigenvalue weighted by Gasteiger charge is -2.13. The van der Waals surface area contributed by atoms with E-state index in [0.29, 0.717) is 0 Å². The number of carboxylic acid groups (broad SMARTS) is 1. The molecule has 66 valence electrons. The average molecular weight is 171 g/mol. The van der Waals surface area contributed by atoms with Crippen LogP contribution in [0.25, 0.3) is 0 Å². The van der Waals surface area contributed by atoms with Gasteiger partial charge in [0.15, 0.2) is 0 Å². The third kappa shape index (κ3) is 4.60. The first-order valence-corrected chi connectivity index (χ1v) is 2.88. The molecule has 0 radical (unpaired) electrons. The molecule has 0 aliphatic heterocycles. The van der Waals surface area contributed by atoms with Gasteiger partial charge in [-0.2, -0.15) is 13.2 Å². The summed E-state index contributed by atoms with van der Waals surface area (Å²) in [4.78, 5) is 9.81. The molecule has 0 aromatic carbocycles. The number of rotatable bonds is 3. The molecule has 0 saturated heterocycles. The smallest absolute Gasteiger partial charge is 0.403 e. The van der Waals surface area contributed by atoms with Crippen molar-refractivity contribution in [2.24, 2.45) is 5.73 Å². The van der Waals surface area contributed by atoms with Gasteiger partial charge in [0.05, 0.1) is 0 Å². The van der Waals surface area contributed by atoms with E-state index in [9.17, 15) is 18.0 Å². The van der Waals surface area contributed by atoms with Crippen molar-refractivity contribution in [3.63, 3.8) is 0 Å². The molecule has 0 aliphatic carbocycles. The van der Waals surface area contributed by atoms with Crippen LogP contribution in [0.4, 0.5) is 13.2 Å². The Morgan fingerprint density at radius 1 is 1.55 bits per heavy atom. The Balaban J connectivity index is 3.70. The first kappa shape index (κ1) is 10.2. The van der Waals surface area contributed by atoms with Gasteiger partial charge in [-0.1, -0.05) is 0 Å². The molecule has 0 amide bonds. The first-order chi connectivity index (χ1) is 4.84. The number of carbonyl (C=O) groups is 1. The number of hydrogen-bond donors (Lipinski definition) is 2. The molecule has 0 aromatic rings. The maximum Gasteiger partial charge on any atom is 0.403 e.